The smallest absolute Gasteiger partial charge is 0.251 e. The van der Waals surface area contributed by atoms with Crippen molar-refractivity contribution in [2.45, 2.75) is 19.9 Å². The van der Waals surface area contributed by atoms with Crippen LogP contribution in [0.5, 0.6) is 5.75 Å². The summed E-state index contributed by atoms with van der Waals surface area (Å²) in [5, 5.41) is 9.48. The number of hydrogen-bond acceptors (Lipinski definition) is 3. The first-order valence-corrected chi connectivity index (χ1v) is 9.16. The second kappa shape index (κ2) is 13.0. The average Bonchev–Trinajstić information content (AvgIpc) is 2.71. The molecule has 0 spiro atoms. The summed E-state index contributed by atoms with van der Waals surface area (Å²) in [6, 6.07) is 17.4. The number of aliphatic imine (C=N–C) groups is 1. The van der Waals surface area contributed by atoms with Gasteiger partial charge < -0.3 is 20.7 Å². The van der Waals surface area contributed by atoms with Crippen LogP contribution in [0.1, 0.15) is 35.8 Å². The summed E-state index contributed by atoms with van der Waals surface area (Å²) in [7, 11) is 1.60. The van der Waals surface area contributed by atoms with Crippen LogP contribution >= 0.6 is 24.0 Å². The average molecular weight is 496 g/mol. The van der Waals surface area contributed by atoms with E-state index in [0.29, 0.717) is 18.7 Å². The summed E-state index contributed by atoms with van der Waals surface area (Å²) >= 11 is 0. The van der Waals surface area contributed by atoms with Crippen molar-refractivity contribution in [3.05, 3.63) is 65.7 Å². The van der Waals surface area contributed by atoms with Gasteiger partial charge in [-0.2, -0.15) is 0 Å². The van der Waals surface area contributed by atoms with Crippen LogP contribution in [-0.4, -0.2) is 38.6 Å². The maximum absolute atomic E-state index is 12.1. The van der Waals surface area contributed by atoms with Crippen molar-refractivity contribution < 1.29 is 9.53 Å². The van der Waals surface area contributed by atoms with Gasteiger partial charge in [-0.1, -0.05) is 30.3 Å². The Bertz CT molecular complexity index is 736. The lowest BCUT2D eigenvalue weighted by molar-refractivity contribution is 0.0955. The Kier molecular flexibility index (Phi) is 11.0. The minimum Gasteiger partial charge on any atom is -0.497 e. The molecule has 0 aromatic heterocycles. The Morgan fingerprint density at radius 2 is 1.75 bits per heavy atom. The van der Waals surface area contributed by atoms with Gasteiger partial charge in [-0.3, -0.25) is 9.79 Å². The fourth-order valence-corrected chi connectivity index (χ4v) is 2.53. The van der Waals surface area contributed by atoms with Crippen LogP contribution in [0.3, 0.4) is 0 Å². The zero-order valence-electron chi connectivity index (χ0n) is 16.6. The van der Waals surface area contributed by atoms with Crippen LogP contribution in [0, 0.1) is 0 Å². The maximum atomic E-state index is 12.1. The molecule has 28 heavy (non-hydrogen) atoms. The van der Waals surface area contributed by atoms with Gasteiger partial charge in [0.25, 0.3) is 5.91 Å². The molecular formula is C21H29IN4O2. The van der Waals surface area contributed by atoms with Gasteiger partial charge >= 0.3 is 0 Å². The van der Waals surface area contributed by atoms with Gasteiger partial charge in [0.2, 0.25) is 0 Å². The van der Waals surface area contributed by atoms with Crippen LogP contribution in [0.25, 0.3) is 0 Å². The molecule has 1 atom stereocenters. The molecule has 0 saturated heterocycles. The molecule has 0 bridgehead atoms. The van der Waals surface area contributed by atoms with Crippen molar-refractivity contribution in [3.8, 4) is 5.75 Å². The van der Waals surface area contributed by atoms with E-state index in [1.165, 1.54) is 5.56 Å². The molecule has 1 amide bonds. The van der Waals surface area contributed by atoms with E-state index in [0.717, 1.165) is 18.3 Å². The van der Waals surface area contributed by atoms with Crippen molar-refractivity contribution in [2.24, 2.45) is 4.99 Å². The number of guanidine groups is 1. The number of ether oxygens (including phenoxy) is 1. The number of methoxy groups -OCH3 is 1. The van der Waals surface area contributed by atoms with Crippen LogP contribution in [0.4, 0.5) is 0 Å². The molecule has 7 heteroatoms. The Morgan fingerprint density at radius 1 is 1.07 bits per heavy atom. The van der Waals surface area contributed by atoms with Crippen molar-refractivity contribution in [2.75, 3.05) is 26.7 Å². The van der Waals surface area contributed by atoms with E-state index in [9.17, 15) is 4.79 Å². The Hall–Kier alpha value is -2.29. The monoisotopic (exact) mass is 496 g/mol. The molecule has 152 valence electrons. The van der Waals surface area contributed by atoms with E-state index in [1.807, 2.05) is 25.1 Å². The highest BCUT2D eigenvalue weighted by atomic mass is 127. The lowest BCUT2D eigenvalue weighted by Crippen LogP contribution is -2.39. The lowest BCUT2D eigenvalue weighted by Gasteiger charge is -2.18. The molecule has 0 aliphatic carbocycles. The number of halogens is 1. The van der Waals surface area contributed by atoms with E-state index in [-0.39, 0.29) is 35.9 Å². The molecule has 2 rings (SSSR count). The molecule has 1 unspecified atom stereocenters. The van der Waals surface area contributed by atoms with Gasteiger partial charge in [-0.25, -0.2) is 0 Å². The highest BCUT2D eigenvalue weighted by Crippen LogP contribution is 2.11. The third-order valence-corrected chi connectivity index (χ3v) is 4.02. The van der Waals surface area contributed by atoms with Crippen LogP contribution in [0.2, 0.25) is 0 Å². The fourth-order valence-electron chi connectivity index (χ4n) is 2.53. The van der Waals surface area contributed by atoms with E-state index in [1.54, 1.807) is 31.4 Å². The molecule has 2 aromatic rings. The highest BCUT2D eigenvalue weighted by molar-refractivity contribution is 14.0. The first kappa shape index (κ1) is 23.7. The number of rotatable bonds is 8. The SMILES string of the molecule is CCNC(=NCCNC(=O)c1ccc(OC)cc1)NC(C)c1ccccc1.I. The number of carbonyl (C=O) groups is 1. The molecule has 0 fully saturated rings. The molecule has 0 aliphatic rings. The number of amides is 1. The molecule has 0 heterocycles. The van der Waals surface area contributed by atoms with Gasteiger partial charge in [0.15, 0.2) is 5.96 Å². The van der Waals surface area contributed by atoms with E-state index in [2.05, 4.69) is 40.0 Å². The largest absolute Gasteiger partial charge is 0.497 e. The molecule has 0 saturated carbocycles. The Morgan fingerprint density at radius 3 is 2.36 bits per heavy atom. The minimum absolute atomic E-state index is 0. The van der Waals surface area contributed by atoms with Crippen molar-refractivity contribution >= 4 is 35.8 Å². The predicted octanol–water partition coefficient (Wildman–Crippen LogP) is 3.36. The first-order valence-electron chi connectivity index (χ1n) is 9.16. The zero-order valence-corrected chi connectivity index (χ0v) is 18.9. The highest BCUT2D eigenvalue weighted by Gasteiger charge is 2.07. The van der Waals surface area contributed by atoms with Crippen molar-refractivity contribution in [1.29, 1.82) is 0 Å². The van der Waals surface area contributed by atoms with E-state index < -0.39 is 0 Å². The van der Waals surface area contributed by atoms with E-state index >= 15 is 0 Å². The van der Waals surface area contributed by atoms with Gasteiger partial charge in [0.1, 0.15) is 5.75 Å². The topological polar surface area (TPSA) is 74.8 Å². The Labute approximate surface area is 184 Å². The molecular weight excluding hydrogens is 467 g/mol. The molecule has 0 aliphatic heterocycles. The summed E-state index contributed by atoms with van der Waals surface area (Å²) in [5.74, 6) is 1.33. The van der Waals surface area contributed by atoms with Gasteiger partial charge in [-0.15, -0.1) is 24.0 Å². The summed E-state index contributed by atoms with van der Waals surface area (Å²) in [6.45, 7) is 5.83. The van der Waals surface area contributed by atoms with Crippen molar-refractivity contribution in [1.82, 2.24) is 16.0 Å². The van der Waals surface area contributed by atoms with Crippen LogP contribution < -0.4 is 20.7 Å². The second-order valence-corrected chi connectivity index (χ2v) is 6.02. The first-order chi connectivity index (χ1) is 13.1. The molecule has 0 radical (unpaired) electrons. The number of nitrogens with zero attached hydrogens (tertiary/aromatic N) is 1. The number of hydrogen-bond donors (Lipinski definition) is 3. The van der Waals surface area contributed by atoms with Gasteiger partial charge in [0, 0.05) is 18.7 Å². The van der Waals surface area contributed by atoms with Gasteiger partial charge in [0.05, 0.1) is 19.7 Å². The van der Waals surface area contributed by atoms with Crippen LogP contribution in [0.15, 0.2) is 59.6 Å². The zero-order chi connectivity index (χ0) is 19.5. The third-order valence-electron chi connectivity index (χ3n) is 4.02. The standard InChI is InChI=1S/C21H28N4O2.HI/c1-4-22-21(25-16(2)17-8-6-5-7-9-17)24-15-14-23-20(26)18-10-12-19(27-3)13-11-18;/h5-13,16H,4,14-15H2,1-3H3,(H,23,26)(H2,22,24,25);1H. The molecule has 6 nitrogen and oxygen atoms in total. The predicted molar refractivity (Wildman–Crippen MR) is 125 cm³/mol. The normalized spacial score (nSPS) is 11.8. The summed E-state index contributed by atoms with van der Waals surface area (Å²) in [5.41, 5.74) is 1.79. The quantitative estimate of drug-likeness (QED) is 0.227. The minimum atomic E-state index is -0.122. The third kappa shape index (κ3) is 7.75. The van der Waals surface area contributed by atoms with Crippen molar-refractivity contribution in [3.63, 3.8) is 0 Å². The summed E-state index contributed by atoms with van der Waals surface area (Å²) in [4.78, 5) is 16.7. The number of carbonyl (C=O) groups excluding carboxylic acids is 1. The van der Waals surface area contributed by atoms with E-state index in [4.69, 9.17) is 4.74 Å². The lowest BCUT2D eigenvalue weighted by atomic mass is 10.1. The fraction of sp³-hybridized carbons (Fsp3) is 0.333. The van der Waals surface area contributed by atoms with Crippen LogP contribution in [-0.2, 0) is 0 Å². The summed E-state index contributed by atoms with van der Waals surface area (Å²) < 4.78 is 5.10. The molecule has 2 aromatic carbocycles. The Balaban J connectivity index is 0.00000392. The molecule has 3 N–H and O–H groups in total. The second-order valence-electron chi connectivity index (χ2n) is 6.02. The summed E-state index contributed by atoms with van der Waals surface area (Å²) in [6.07, 6.45) is 0. The maximum Gasteiger partial charge on any atom is 0.251 e. The number of benzene rings is 2. The van der Waals surface area contributed by atoms with Gasteiger partial charge in [-0.05, 0) is 43.7 Å². The number of nitrogens with one attached hydrogen (secondary N) is 3.